The number of unbranched alkanes of at least 4 members (excludes halogenated alkanes) is 2. The van der Waals surface area contributed by atoms with Crippen molar-refractivity contribution in [3.63, 3.8) is 0 Å². The molecule has 1 aromatic heterocycles. The van der Waals surface area contributed by atoms with Gasteiger partial charge in [-0.05, 0) is 20.3 Å². The molecule has 18 heavy (non-hydrogen) atoms. The number of guanidine groups is 1. The van der Waals surface area contributed by atoms with Crippen LogP contribution in [0.5, 0.6) is 0 Å². The van der Waals surface area contributed by atoms with E-state index in [9.17, 15) is 0 Å². The molecule has 102 valence electrons. The first-order chi connectivity index (χ1) is 8.76. The zero-order valence-electron chi connectivity index (χ0n) is 11.6. The number of hydrogen-bond donors (Lipinski definition) is 2. The molecule has 0 bridgehead atoms. The van der Waals surface area contributed by atoms with Crippen molar-refractivity contribution in [1.29, 1.82) is 0 Å². The zero-order valence-corrected chi connectivity index (χ0v) is 12.4. The predicted octanol–water partition coefficient (Wildman–Crippen LogP) is 2.70. The molecule has 0 aromatic carbocycles. The summed E-state index contributed by atoms with van der Waals surface area (Å²) >= 11 is 1.71. The van der Waals surface area contributed by atoms with Gasteiger partial charge in [-0.1, -0.05) is 19.8 Å². The van der Waals surface area contributed by atoms with Gasteiger partial charge in [0.2, 0.25) is 0 Å². The van der Waals surface area contributed by atoms with Gasteiger partial charge in [-0.15, -0.1) is 11.3 Å². The first-order valence-electron chi connectivity index (χ1n) is 6.69. The van der Waals surface area contributed by atoms with Crippen LogP contribution in [0.1, 0.15) is 43.0 Å². The molecule has 1 aromatic rings. The van der Waals surface area contributed by atoms with Crippen LogP contribution >= 0.6 is 11.3 Å². The molecule has 0 radical (unpaired) electrons. The van der Waals surface area contributed by atoms with E-state index in [4.69, 9.17) is 0 Å². The van der Waals surface area contributed by atoms with E-state index in [-0.39, 0.29) is 0 Å². The Bertz CT molecular complexity index is 360. The Kier molecular flexibility index (Phi) is 7.41. The molecule has 0 unspecified atom stereocenters. The third-order valence-electron chi connectivity index (χ3n) is 2.46. The van der Waals surface area contributed by atoms with Crippen LogP contribution in [0.15, 0.2) is 11.2 Å². The standard InChI is InChI=1S/C13H24N4S/c1-4-6-7-8-15-13(14-5-2)17-10-12-16-9-11(3)18-12/h9H,4-8,10H2,1-3H3,(H2,14,15,17). The predicted molar refractivity (Wildman–Crippen MR) is 79.2 cm³/mol. The highest BCUT2D eigenvalue weighted by molar-refractivity contribution is 7.11. The summed E-state index contributed by atoms with van der Waals surface area (Å²) in [4.78, 5) is 10.1. The van der Waals surface area contributed by atoms with Gasteiger partial charge in [-0.2, -0.15) is 0 Å². The Hall–Kier alpha value is -1.10. The van der Waals surface area contributed by atoms with Gasteiger partial charge in [0.25, 0.3) is 0 Å². The van der Waals surface area contributed by atoms with Crippen LogP contribution < -0.4 is 10.6 Å². The minimum Gasteiger partial charge on any atom is -0.357 e. The smallest absolute Gasteiger partial charge is 0.191 e. The Morgan fingerprint density at radius 1 is 1.33 bits per heavy atom. The Morgan fingerprint density at radius 2 is 2.17 bits per heavy atom. The van der Waals surface area contributed by atoms with E-state index >= 15 is 0 Å². The number of nitrogens with zero attached hydrogens (tertiary/aromatic N) is 2. The molecular formula is C13H24N4S. The highest BCUT2D eigenvalue weighted by atomic mass is 32.1. The fourth-order valence-electron chi connectivity index (χ4n) is 1.54. The molecule has 2 N–H and O–H groups in total. The summed E-state index contributed by atoms with van der Waals surface area (Å²) in [6, 6.07) is 0. The molecule has 0 amide bonds. The number of rotatable bonds is 7. The van der Waals surface area contributed by atoms with Crippen molar-refractivity contribution in [3.8, 4) is 0 Å². The van der Waals surface area contributed by atoms with Crippen LogP contribution in [-0.2, 0) is 6.54 Å². The van der Waals surface area contributed by atoms with Gasteiger partial charge in [0.1, 0.15) is 5.01 Å². The fourth-order valence-corrected chi connectivity index (χ4v) is 2.26. The largest absolute Gasteiger partial charge is 0.357 e. The number of thiazole rings is 1. The van der Waals surface area contributed by atoms with Gasteiger partial charge < -0.3 is 10.6 Å². The number of hydrogen-bond acceptors (Lipinski definition) is 3. The zero-order chi connectivity index (χ0) is 13.2. The lowest BCUT2D eigenvalue weighted by Crippen LogP contribution is -2.37. The average molecular weight is 268 g/mol. The number of aryl methyl sites for hydroxylation is 1. The van der Waals surface area contributed by atoms with Crippen molar-refractivity contribution in [1.82, 2.24) is 15.6 Å². The van der Waals surface area contributed by atoms with E-state index < -0.39 is 0 Å². The normalized spacial score (nSPS) is 11.6. The maximum atomic E-state index is 4.54. The van der Waals surface area contributed by atoms with Crippen molar-refractivity contribution >= 4 is 17.3 Å². The van der Waals surface area contributed by atoms with Gasteiger partial charge in [-0.3, -0.25) is 0 Å². The molecule has 1 heterocycles. The average Bonchev–Trinajstić information content (AvgIpc) is 2.77. The maximum absolute atomic E-state index is 4.54. The lowest BCUT2D eigenvalue weighted by Gasteiger charge is -2.10. The molecule has 4 nitrogen and oxygen atoms in total. The molecule has 0 aliphatic carbocycles. The number of aromatic nitrogens is 1. The summed E-state index contributed by atoms with van der Waals surface area (Å²) in [5, 5.41) is 7.67. The van der Waals surface area contributed by atoms with Gasteiger partial charge >= 0.3 is 0 Å². The van der Waals surface area contributed by atoms with Gasteiger partial charge in [-0.25, -0.2) is 9.98 Å². The topological polar surface area (TPSA) is 49.3 Å². The molecule has 0 aliphatic rings. The first-order valence-corrected chi connectivity index (χ1v) is 7.51. The Morgan fingerprint density at radius 3 is 2.78 bits per heavy atom. The highest BCUT2D eigenvalue weighted by Crippen LogP contribution is 2.11. The minimum absolute atomic E-state index is 0.654. The third-order valence-corrected chi connectivity index (χ3v) is 3.36. The maximum Gasteiger partial charge on any atom is 0.191 e. The molecule has 0 saturated carbocycles. The molecule has 0 spiro atoms. The van der Waals surface area contributed by atoms with Crippen molar-refractivity contribution < 1.29 is 0 Å². The van der Waals surface area contributed by atoms with Gasteiger partial charge in [0.05, 0.1) is 6.54 Å². The second-order valence-corrected chi connectivity index (χ2v) is 5.51. The Labute approximate surface area is 114 Å². The van der Waals surface area contributed by atoms with Crippen LogP contribution in [0.25, 0.3) is 0 Å². The molecule has 0 aliphatic heterocycles. The van der Waals surface area contributed by atoms with Crippen LogP contribution in [0.2, 0.25) is 0 Å². The molecule has 1 rings (SSSR count). The van der Waals surface area contributed by atoms with E-state index in [0.717, 1.165) is 24.1 Å². The van der Waals surface area contributed by atoms with Crippen LogP contribution in [0, 0.1) is 6.92 Å². The quantitative estimate of drug-likeness (QED) is 0.454. The summed E-state index contributed by atoms with van der Waals surface area (Å²) in [7, 11) is 0. The summed E-state index contributed by atoms with van der Waals surface area (Å²) in [5.41, 5.74) is 0. The van der Waals surface area contributed by atoms with Crippen molar-refractivity contribution in [2.45, 2.75) is 46.6 Å². The van der Waals surface area contributed by atoms with E-state index in [1.54, 1.807) is 11.3 Å². The van der Waals surface area contributed by atoms with E-state index in [1.165, 1.54) is 24.1 Å². The summed E-state index contributed by atoms with van der Waals surface area (Å²) in [6.07, 6.45) is 5.60. The highest BCUT2D eigenvalue weighted by Gasteiger charge is 1.99. The third kappa shape index (κ3) is 6.00. The van der Waals surface area contributed by atoms with E-state index in [0.29, 0.717) is 6.54 Å². The second-order valence-electron chi connectivity index (χ2n) is 4.19. The second kappa shape index (κ2) is 8.91. The number of nitrogens with one attached hydrogen (secondary N) is 2. The molecule has 0 fully saturated rings. The van der Waals surface area contributed by atoms with E-state index in [1.807, 2.05) is 6.20 Å². The van der Waals surface area contributed by atoms with Crippen LogP contribution in [0.4, 0.5) is 0 Å². The molecule has 0 atom stereocenters. The van der Waals surface area contributed by atoms with Crippen molar-refractivity contribution in [2.75, 3.05) is 13.1 Å². The fraction of sp³-hybridized carbons (Fsp3) is 0.692. The molecule has 0 saturated heterocycles. The van der Waals surface area contributed by atoms with E-state index in [2.05, 4.69) is 41.4 Å². The molecular weight excluding hydrogens is 244 g/mol. The SMILES string of the molecule is CCCCCNC(=NCc1ncc(C)s1)NCC. The first kappa shape index (κ1) is 15.0. The molecule has 5 heteroatoms. The number of aliphatic imine (C=N–C) groups is 1. The van der Waals surface area contributed by atoms with Crippen LogP contribution in [0.3, 0.4) is 0 Å². The monoisotopic (exact) mass is 268 g/mol. The van der Waals surface area contributed by atoms with Crippen molar-refractivity contribution in [3.05, 3.63) is 16.1 Å². The summed E-state index contributed by atoms with van der Waals surface area (Å²) < 4.78 is 0. The van der Waals surface area contributed by atoms with Gasteiger partial charge in [0.15, 0.2) is 5.96 Å². The minimum atomic E-state index is 0.654. The summed E-state index contributed by atoms with van der Waals surface area (Å²) in [5.74, 6) is 0.890. The lowest BCUT2D eigenvalue weighted by molar-refractivity contribution is 0.683. The van der Waals surface area contributed by atoms with Crippen molar-refractivity contribution in [2.24, 2.45) is 4.99 Å². The lowest BCUT2D eigenvalue weighted by atomic mass is 10.2. The summed E-state index contributed by atoms with van der Waals surface area (Å²) in [6.45, 7) is 8.88. The Balaban J connectivity index is 2.39. The van der Waals surface area contributed by atoms with Gasteiger partial charge in [0, 0.05) is 24.2 Å². The van der Waals surface area contributed by atoms with Crippen LogP contribution in [-0.4, -0.2) is 24.0 Å².